The summed E-state index contributed by atoms with van der Waals surface area (Å²) in [5.74, 6) is -0.651. The molecule has 0 aliphatic carbocycles. The van der Waals surface area contributed by atoms with Gasteiger partial charge in [-0.3, -0.25) is 4.79 Å². The van der Waals surface area contributed by atoms with Gasteiger partial charge in [0.1, 0.15) is 6.10 Å². The van der Waals surface area contributed by atoms with E-state index in [0.29, 0.717) is 12.5 Å². The van der Waals surface area contributed by atoms with Crippen LogP contribution in [0.25, 0.3) is 0 Å². The first-order chi connectivity index (χ1) is 14.3. The third-order valence-corrected chi connectivity index (χ3v) is 5.40. The van der Waals surface area contributed by atoms with E-state index in [1.54, 1.807) is 12.1 Å². The van der Waals surface area contributed by atoms with Gasteiger partial charge in [0.25, 0.3) is 0 Å². The first kappa shape index (κ1) is 22.0. The topological polar surface area (TPSA) is 84.9 Å². The van der Waals surface area contributed by atoms with Crippen molar-refractivity contribution in [2.45, 2.75) is 45.4 Å². The summed E-state index contributed by atoms with van der Waals surface area (Å²) in [5.41, 5.74) is 3.35. The number of carboxylic acids is 1. The Kier molecular flexibility index (Phi) is 7.24. The van der Waals surface area contributed by atoms with Crippen LogP contribution in [0.2, 0.25) is 0 Å². The van der Waals surface area contributed by atoms with E-state index in [-0.39, 0.29) is 23.4 Å². The number of aromatic carboxylic acids is 1. The van der Waals surface area contributed by atoms with E-state index in [1.165, 1.54) is 17.7 Å². The molecule has 1 aliphatic rings. The Morgan fingerprint density at radius 1 is 1.07 bits per heavy atom. The Morgan fingerprint density at radius 3 is 2.20 bits per heavy atom. The second-order valence-corrected chi connectivity index (χ2v) is 8.11. The fourth-order valence-corrected chi connectivity index (χ4v) is 3.36. The lowest BCUT2D eigenvalue weighted by molar-refractivity contribution is -0.137. The fraction of sp³-hybridized carbons (Fsp3) is 0.417. The number of rotatable bonds is 9. The molecule has 2 aromatic carbocycles. The molecule has 2 atom stereocenters. The molecule has 30 heavy (non-hydrogen) atoms. The lowest BCUT2D eigenvalue weighted by Gasteiger charge is -2.26. The SMILES string of the molecule is CC(NC(=O)C(OCc1ccc(C2COC2)cc1)C(C)C)c1ccc(C(=O)O)cc1. The number of ether oxygens (including phenoxy) is 2. The zero-order valence-corrected chi connectivity index (χ0v) is 17.6. The summed E-state index contributed by atoms with van der Waals surface area (Å²) in [6.07, 6.45) is -0.578. The third-order valence-electron chi connectivity index (χ3n) is 5.40. The van der Waals surface area contributed by atoms with Crippen LogP contribution in [0.3, 0.4) is 0 Å². The number of carboxylic acid groups (broad SMARTS) is 1. The van der Waals surface area contributed by atoms with Crippen LogP contribution in [0, 0.1) is 5.92 Å². The molecular weight excluding hydrogens is 382 g/mol. The fourth-order valence-electron chi connectivity index (χ4n) is 3.36. The molecule has 160 valence electrons. The minimum atomic E-state index is -0.972. The molecule has 6 heteroatoms. The van der Waals surface area contributed by atoms with Gasteiger partial charge in [0.15, 0.2) is 0 Å². The Labute approximate surface area is 177 Å². The minimum absolute atomic E-state index is 0.0120. The quantitative estimate of drug-likeness (QED) is 0.653. The molecule has 0 aromatic heterocycles. The lowest BCUT2D eigenvalue weighted by Crippen LogP contribution is -2.40. The molecule has 1 heterocycles. The van der Waals surface area contributed by atoms with Crippen molar-refractivity contribution in [3.63, 3.8) is 0 Å². The van der Waals surface area contributed by atoms with Crippen molar-refractivity contribution in [3.8, 4) is 0 Å². The van der Waals surface area contributed by atoms with Crippen LogP contribution >= 0.6 is 0 Å². The highest BCUT2D eigenvalue weighted by atomic mass is 16.5. The molecule has 6 nitrogen and oxygen atoms in total. The maximum atomic E-state index is 12.8. The standard InChI is InChI=1S/C24H29NO5/c1-15(2)22(30-12-17-4-6-19(7-5-17)21-13-29-14-21)23(26)25-16(3)18-8-10-20(11-9-18)24(27)28/h4-11,15-16,21-22H,12-14H2,1-3H3,(H,25,26)(H,27,28). The molecule has 1 fully saturated rings. The average molecular weight is 411 g/mol. The van der Waals surface area contributed by atoms with Gasteiger partial charge in [0, 0.05) is 5.92 Å². The predicted molar refractivity (Wildman–Crippen MR) is 113 cm³/mol. The van der Waals surface area contributed by atoms with Gasteiger partial charge in [-0.05, 0) is 41.7 Å². The van der Waals surface area contributed by atoms with E-state index < -0.39 is 12.1 Å². The molecule has 1 amide bonds. The largest absolute Gasteiger partial charge is 0.478 e. The molecule has 1 saturated heterocycles. The highest BCUT2D eigenvalue weighted by Gasteiger charge is 2.25. The second kappa shape index (κ2) is 9.87. The molecule has 1 aliphatic heterocycles. The average Bonchev–Trinajstić information content (AvgIpc) is 2.67. The van der Waals surface area contributed by atoms with Crippen molar-refractivity contribution in [2.24, 2.45) is 5.92 Å². The molecule has 0 spiro atoms. The summed E-state index contributed by atoms with van der Waals surface area (Å²) < 4.78 is 11.2. The summed E-state index contributed by atoms with van der Waals surface area (Å²) in [7, 11) is 0. The Morgan fingerprint density at radius 2 is 1.70 bits per heavy atom. The minimum Gasteiger partial charge on any atom is -0.478 e. The third kappa shape index (κ3) is 5.46. The van der Waals surface area contributed by atoms with Crippen LogP contribution in [-0.4, -0.2) is 36.3 Å². The van der Waals surface area contributed by atoms with Crippen LogP contribution in [0.5, 0.6) is 0 Å². The van der Waals surface area contributed by atoms with Crippen LogP contribution in [-0.2, 0) is 20.9 Å². The highest BCUT2D eigenvalue weighted by molar-refractivity contribution is 5.87. The first-order valence-electron chi connectivity index (χ1n) is 10.3. The number of hydrogen-bond donors (Lipinski definition) is 2. The highest BCUT2D eigenvalue weighted by Crippen LogP contribution is 2.24. The maximum Gasteiger partial charge on any atom is 0.335 e. The molecular formula is C24H29NO5. The summed E-state index contributed by atoms with van der Waals surface area (Å²) in [6, 6.07) is 14.5. The van der Waals surface area contributed by atoms with Gasteiger partial charge in [-0.2, -0.15) is 0 Å². The zero-order valence-electron chi connectivity index (χ0n) is 17.6. The van der Waals surface area contributed by atoms with E-state index in [9.17, 15) is 9.59 Å². The van der Waals surface area contributed by atoms with Gasteiger partial charge in [-0.25, -0.2) is 4.79 Å². The van der Waals surface area contributed by atoms with Crippen molar-refractivity contribution in [1.29, 1.82) is 0 Å². The van der Waals surface area contributed by atoms with Gasteiger partial charge in [0.05, 0.1) is 31.4 Å². The van der Waals surface area contributed by atoms with Crippen molar-refractivity contribution in [2.75, 3.05) is 13.2 Å². The van der Waals surface area contributed by atoms with Crippen LogP contribution < -0.4 is 5.32 Å². The van der Waals surface area contributed by atoms with E-state index >= 15 is 0 Å². The van der Waals surface area contributed by atoms with Crippen molar-refractivity contribution >= 4 is 11.9 Å². The Bertz CT molecular complexity index is 856. The van der Waals surface area contributed by atoms with E-state index in [4.69, 9.17) is 14.6 Å². The van der Waals surface area contributed by atoms with E-state index in [2.05, 4.69) is 17.4 Å². The van der Waals surface area contributed by atoms with Crippen LogP contribution in [0.15, 0.2) is 48.5 Å². The predicted octanol–water partition coefficient (Wildman–Crippen LogP) is 3.92. The van der Waals surface area contributed by atoms with E-state index in [1.807, 2.05) is 32.9 Å². The second-order valence-electron chi connectivity index (χ2n) is 8.11. The number of carbonyl (C=O) groups is 2. The van der Waals surface area contributed by atoms with Crippen molar-refractivity contribution in [1.82, 2.24) is 5.32 Å². The summed E-state index contributed by atoms with van der Waals surface area (Å²) in [6.45, 7) is 7.70. The molecule has 2 aromatic rings. The van der Waals surface area contributed by atoms with Gasteiger partial charge in [-0.1, -0.05) is 50.2 Å². The lowest BCUT2D eigenvalue weighted by atomic mass is 9.97. The Balaban J connectivity index is 1.56. The molecule has 0 radical (unpaired) electrons. The van der Waals surface area contributed by atoms with Gasteiger partial charge >= 0.3 is 5.97 Å². The number of hydrogen-bond acceptors (Lipinski definition) is 4. The summed E-state index contributed by atoms with van der Waals surface area (Å²) in [5, 5.41) is 12.0. The monoisotopic (exact) mass is 411 g/mol. The molecule has 0 bridgehead atoms. The number of carbonyl (C=O) groups excluding carboxylic acids is 1. The molecule has 0 saturated carbocycles. The summed E-state index contributed by atoms with van der Waals surface area (Å²) in [4.78, 5) is 23.8. The molecule has 2 unspecified atom stereocenters. The van der Waals surface area contributed by atoms with Crippen LogP contribution in [0.4, 0.5) is 0 Å². The van der Waals surface area contributed by atoms with E-state index in [0.717, 1.165) is 24.3 Å². The zero-order chi connectivity index (χ0) is 21.7. The normalized spacial score (nSPS) is 16.0. The number of benzene rings is 2. The summed E-state index contributed by atoms with van der Waals surface area (Å²) >= 11 is 0. The van der Waals surface area contributed by atoms with Gasteiger partial charge in [-0.15, -0.1) is 0 Å². The number of amides is 1. The maximum absolute atomic E-state index is 12.8. The van der Waals surface area contributed by atoms with Crippen molar-refractivity contribution in [3.05, 3.63) is 70.8 Å². The smallest absolute Gasteiger partial charge is 0.335 e. The van der Waals surface area contributed by atoms with Crippen LogP contribution in [0.1, 0.15) is 59.8 Å². The van der Waals surface area contributed by atoms with Gasteiger partial charge in [0.2, 0.25) is 5.91 Å². The van der Waals surface area contributed by atoms with Gasteiger partial charge < -0.3 is 19.9 Å². The molecule has 2 N–H and O–H groups in total. The molecule has 3 rings (SSSR count). The van der Waals surface area contributed by atoms with Crippen molar-refractivity contribution < 1.29 is 24.2 Å². The first-order valence-corrected chi connectivity index (χ1v) is 10.3. The Hall–Kier alpha value is -2.70. The number of nitrogens with one attached hydrogen (secondary N) is 1.